The Bertz CT molecular complexity index is 1990. The van der Waals surface area contributed by atoms with Crippen LogP contribution in [-0.2, 0) is 28.4 Å². The molecule has 4 aromatic carbocycles. The number of benzene rings is 4. The zero-order chi connectivity index (χ0) is 41.6. The standard InChI is InChI=1S/2C23H27.C4H8F3Si.2ClH.Zr/c2*1-5-7-17-10-12-19(13-11-17)21-9-6-8-20-14-18(15-22(20)21)16-23(2,3)4;1-8-3-2-4(5,6)7;;;/h2*6,8-15H,5,7,16H2,1-4H3;8H,2-3H2,1H3;2*1H;/q;;;;;+2/p-2. The van der Waals surface area contributed by atoms with Crippen LogP contribution < -0.4 is 0 Å². The Kier molecular flexibility index (Phi) is 13.0. The Balaban J connectivity index is 1.63. The van der Waals surface area contributed by atoms with Gasteiger partial charge in [-0.3, -0.25) is 0 Å². The van der Waals surface area contributed by atoms with Crippen molar-refractivity contribution in [2.75, 3.05) is 0 Å². The van der Waals surface area contributed by atoms with E-state index in [1.54, 1.807) is 0 Å². The topological polar surface area (TPSA) is 0 Å². The van der Waals surface area contributed by atoms with E-state index in [9.17, 15) is 13.2 Å². The van der Waals surface area contributed by atoms with E-state index in [0.29, 0.717) is 0 Å². The summed E-state index contributed by atoms with van der Waals surface area (Å²) in [7, 11) is 17.8. The summed E-state index contributed by atoms with van der Waals surface area (Å²) < 4.78 is 42.4. The van der Waals surface area contributed by atoms with Crippen LogP contribution in [0.1, 0.15) is 128 Å². The molecule has 6 rings (SSSR count). The molecule has 0 N–H and O–H groups in total. The molecular weight excluding hydrogens is 848 g/mol. The summed E-state index contributed by atoms with van der Waals surface area (Å²) in [6, 6.07) is 30.8. The summed E-state index contributed by atoms with van der Waals surface area (Å²) in [6.45, 7) is 19.9. The second-order valence-corrected chi connectivity index (χ2v) is 60.9. The SMILES string of the molecule is CCCc1ccc(-c2cccc3c2C=C(CC(C)(C)C)[CH]3[Zr]([Cl])([Cl])([CH]2C(CC(C)(C)C)=Cc3c(-c4ccc(CCC)cc4)cccc32)[SiH](C)CCC(F)(F)F)cc1. The molecule has 57 heavy (non-hydrogen) atoms. The number of halogens is 5. The first kappa shape index (κ1) is 44.4. The molecule has 0 spiro atoms. The first-order valence-electron chi connectivity index (χ1n) is 21.1. The Labute approximate surface area is 350 Å². The van der Waals surface area contributed by atoms with E-state index in [-0.39, 0.29) is 24.1 Å². The van der Waals surface area contributed by atoms with Crippen molar-refractivity contribution in [2.24, 2.45) is 10.8 Å². The van der Waals surface area contributed by atoms with Gasteiger partial charge in [0, 0.05) is 0 Å². The van der Waals surface area contributed by atoms with Crippen molar-refractivity contribution in [1.82, 2.24) is 0 Å². The van der Waals surface area contributed by atoms with Crippen molar-refractivity contribution < 1.29 is 28.7 Å². The van der Waals surface area contributed by atoms with Gasteiger partial charge in [-0.1, -0.05) is 0 Å². The maximum atomic E-state index is 14.3. The third-order valence-electron chi connectivity index (χ3n) is 12.3. The average Bonchev–Trinajstić information content (AvgIpc) is 3.68. The summed E-state index contributed by atoms with van der Waals surface area (Å²) in [5.74, 6) is -2.55. The van der Waals surface area contributed by atoms with Crippen LogP contribution in [-0.4, -0.2) is 12.1 Å². The molecule has 3 atom stereocenters. The van der Waals surface area contributed by atoms with Crippen LogP contribution in [0.2, 0.25) is 12.6 Å². The van der Waals surface area contributed by atoms with Gasteiger partial charge >= 0.3 is 353 Å². The van der Waals surface area contributed by atoms with E-state index in [0.717, 1.165) is 83.0 Å². The predicted octanol–water partition coefficient (Wildman–Crippen LogP) is 16.7. The van der Waals surface area contributed by atoms with Gasteiger partial charge in [-0.15, -0.1) is 0 Å². The quantitative estimate of drug-likeness (QED) is 0.117. The van der Waals surface area contributed by atoms with E-state index in [1.807, 2.05) is 0 Å². The first-order valence-corrected chi connectivity index (χ1v) is 37.1. The van der Waals surface area contributed by atoms with E-state index >= 15 is 0 Å². The van der Waals surface area contributed by atoms with Crippen LogP contribution in [0.25, 0.3) is 34.4 Å². The van der Waals surface area contributed by atoms with Gasteiger partial charge in [0.1, 0.15) is 0 Å². The molecule has 0 heterocycles. The number of alkyl halides is 3. The molecule has 0 saturated heterocycles. The summed E-state index contributed by atoms with van der Waals surface area (Å²) in [5.41, 5.74) is 13.8. The number of hydrogen-bond acceptors (Lipinski definition) is 0. The molecule has 0 radical (unpaired) electrons. The van der Waals surface area contributed by atoms with Gasteiger partial charge < -0.3 is 0 Å². The van der Waals surface area contributed by atoms with Gasteiger partial charge in [0.2, 0.25) is 0 Å². The Morgan fingerprint density at radius 2 is 0.982 bits per heavy atom. The molecule has 4 aromatic rings. The summed E-state index contributed by atoms with van der Waals surface area (Å²) >= 11 is -5.67. The third-order valence-corrected chi connectivity index (χ3v) is 62.4. The van der Waals surface area contributed by atoms with Gasteiger partial charge in [-0.25, -0.2) is 0 Å². The molecule has 3 unspecified atom stereocenters. The van der Waals surface area contributed by atoms with Crippen molar-refractivity contribution in [3.63, 3.8) is 0 Å². The minimum atomic E-state index is -5.67. The molecule has 2 aliphatic rings. The van der Waals surface area contributed by atoms with Crippen molar-refractivity contribution in [3.05, 3.63) is 129 Å². The van der Waals surface area contributed by atoms with Gasteiger partial charge in [-0.05, 0) is 0 Å². The monoisotopic (exact) mass is 907 g/mol. The predicted molar refractivity (Wildman–Crippen MR) is 242 cm³/mol. The van der Waals surface area contributed by atoms with Crippen molar-refractivity contribution in [2.45, 2.75) is 126 Å². The Hall–Kier alpha value is -2.17. The van der Waals surface area contributed by atoms with Crippen molar-refractivity contribution >= 4 is 35.1 Å². The number of allylic oxidation sites excluding steroid dienone is 2. The first-order chi connectivity index (χ1) is 26.6. The maximum absolute atomic E-state index is 14.3. The molecule has 305 valence electrons. The van der Waals surface area contributed by atoms with Crippen LogP contribution in [0, 0.1) is 10.8 Å². The molecule has 0 nitrogen and oxygen atoms in total. The number of fused-ring (bicyclic) bond motifs is 2. The van der Waals surface area contributed by atoms with Crippen LogP contribution in [0.3, 0.4) is 0 Å². The minimum absolute atomic E-state index is 0.0299. The van der Waals surface area contributed by atoms with E-state index in [1.165, 1.54) is 22.3 Å². The second kappa shape index (κ2) is 16.7. The van der Waals surface area contributed by atoms with E-state index in [4.69, 9.17) is 17.0 Å². The summed E-state index contributed by atoms with van der Waals surface area (Å²) in [6.07, 6.45) is 5.29. The van der Waals surface area contributed by atoms with E-state index < -0.39 is 34.1 Å². The van der Waals surface area contributed by atoms with Gasteiger partial charge in [0.25, 0.3) is 0 Å². The molecule has 2 aliphatic carbocycles. The summed E-state index contributed by atoms with van der Waals surface area (Å²) in [4.78, 5) is 0. The van der Waals surface area contributed by atoms with Gasteiger partial charge in [0.05, 0.1) is 0 Å². The molecule has 0 bridgehead atoms. The van der Waals surface area contributed by atoms with Crippen LogP contribution in [0.5, 0.6) is 0 Å². The van der Waals surface area contributed by atoms with E-state index in [2.05, 4.69) is 159 Å². The van der Waals surface area contributed by atoms with Crippen LogP contribution >= 0.6 is 17.0 Å². The van der Waals surface area contributed by atoms with Crippen molar-refractivity contribution in [1.29, 1.82) is 0 Å². The fraction of sp³-hybridized carbons (Fsp3) is 0.440. The van der Waals surface area contributed by atoms with Crippen LogP contribution in [0.4, 0.5) is 13.2 Å². The van der Waals surface area contributed by atoms with Crippen molar-refractivity contribution in [3.8, 4) is 22.3 Å². The Morgan fingerprint density at radius 3 is 1.32 bits per heavy atom. The third kappa shape index (κ3) is 9.43. The molecule has 0 fully saturated rings. The number of aryl methyl sites for hydroxylation is 2. The normalized spacial score (nSPS) is 18.4. The fourth-order valence-electron chi connectivity index (χ4n) is 9.94. The Morgan fingerprint density at radius 1 is 0.596 bits per heavy atom. The molecular formula is C50H62Cl2F3SiZr. The average molecular weight is 910 g/mol. The molecule has 0 aliphatic heterocycles. The fourth-order valence-corrected chi connectivity index (χ4v) is 49.9. The molecule has 0 aromatic heterocycles. The molecule has 0 amide bonds. The zero-order valence-electron chi connectivity index (χ0n) is 35.5. The number of rotatable bonds is 13. The molecule has 0 saturated carbocycles. The molecule has 7 heteroatoms. The van der Waals surface area contributed by atoms with Gasteiger partial charge in [0.15, 0.2) is 0 Å². The zero-order valence-corrected chi connectivity index (χ0v) is 40.6. The van der Waals surface area contributed by atoms with Gasteiger partial charge in [-0.2, -0.15) is 0 Å². The second-order valence-electron chi connectivity index (χ2n) is 19.6. The van der Waals surface area contributed by atoms with Crippen LogP contribution in [0.15, 0.2) is 96.1 Å². The summed E-state index contributed by atoms with van der Waals surface area (Å²) in [5, 5.41) is 0. The number of hydrogen-bond donors (Lipinski definition) is 0.